The number of carbonyl (C=O) groups is 3. The molecule has 0 aliphatic carbocycles. The summed E-state index contributed by atoms with van der Waals surface area (Å²) in [7, 11) is 1.71. The van der Waals surface area contributed by atoms with Crippen molar-refractivity contribution in [1.29, 1.82) is 5.41 Å². The van der Waals surface area contributed by atoms with Crippen LogP contribution in [-0.2, 0) is 20.1 Å². The predicted octanol–water partition coefficient (Wildman–Crippen LogP) is 4.59. The molecular weight excluding hydrogens is 775 g/mol. The molecule has 5 heterocycles. The summed E-state index contributed by atoms with van der Waals surface area (Å²) in [5, 5.41) is 21.2. The number of hydrogen-bond acceptors (Lipinski definition) is 12. The van der Waals surface area contributed by atoms with Crippen molar-refractivity contribution in [3.63, 3.8) is 0 Å². The Morgan fingerprint density at radius 3 is 2.33 bits per heavy atom. The van der Waals surface area contributed by atoms with Gasteiger partial charge in [-0.3, -0.25) is 30.0 Å². The highest BCUT2D eigenvalue weighted by atomic mass is 32.2. The second-order valence-corrected chi connectivity index (χ2v) is 16.3. The van der Waals surface area contributed by atoms with Crippen molar-refractivity contribution in [2.75, 3.05) is 78.0 Å². The van der Waals surface area contributed by atoms with E-state index in [1.165, 1.54) is 12.1 Å². The number of likely N-dealkylation sites (tertiary alicyclic amines) is 2. The van der Waals surface area contributed by atoms with Crippen LogP contribution in [0.2, 0.25) is 0 Å². The van der Waals surface area contributed by atoms with E-state index < -0.39 is 17.4 Å². The van der Waals surface area contributed by atoms with Crippen LogP contribution >= 0.6 is 11.8 Å². The highest BCUT2D eigenvalue weighted by Crippen LogP contribution is 2.34. The number of anilines is 1. The van der Waals surface area contributed by atoms with Crippen LogP contribution in [0.5, 0.6) is 5.75 Å². The van der Waals surface area contributed by atoms with Crippen molar-refractivity contribution in [1.82, 2.24) is 30.0 Å². The van der Waals surface area contributed by atoms with Crippen molar-refractivity contribution in [3.8, 4) is 5.75 Å². The average Bonchev–Trinajstić information content (AvgIpc) is 3.22. The highest BCUT2D eigenvalue weighted by Gasteiger charge is 2.30. The van der Waals surface area contributed by atoms with Crippen LogP contribution in [-0.4, -0.2) is 132 Å². The lowest BCUT2D eigenvalue weighted by molar-refractivity contribution is -0.123. The summed E-state index contributed by atoms with van der Waals surface area (Å²) in [6.07, 6.45) is 5.63. The van der Waals surface area contributed by atoms with Gasteiger partial charge in [-0.2, -0.15) is 11.8 Å². The maximum atomic E-state index is 15.5. The SMILES string of the molecule is CNc1cc(C2CCN(CCN3CCC(COc4cc(F)c5c(=O)[nH]c(CSC6CCOCC6)nc5c4)CC3)CC2)c(F)cc1C(=N)N1CCC(=O)NC1=O.O=CO. The van der Waals surface area contributed by atoms with Gasteiger partial charge in [0, 0.05) is 75.0 Å². The van der Waals surface area contributed by atoms with E-state index in [0.29, 0.717) is 51.9 Å². The number of halogens is 2. The van der Waals surface area contributed by atoms with E-state index in [1.54, 1.807) is 30.9 Å². The normalized spacial score (nSPS) is 19.1. The third-order valence-corrected chi connectivity index (χ3v) is 12.7. The predicted molar refractivity (Wildman–Crippen MR) is 217 cm³/mol. The zero-order valence-corrected chi connectivity index (χ0v) is 33.5. The van der Waals surface area contributed by atoms with Gasteiger partial charge < -0.3 is 34.7 Å². The van der Waals surface area contributed by atoms with E-state index in [1.807, 2.05) is 0 Å². The Kier molecular flexibility index (Phi) is 15.1. The summed E-state index contributed by atoms with van der Waals surface area (Å²) in [6, 6.07) is 5.38. The van der Waals surface area contributed by atoms with Crippen molar-refractivity contribution in [3.05, 3.63) is 63.2 Å². The van der Waals surface area contributed by atoms with Gasteiger partial charge in [0.15, 0.2) is 0 Å². The largest absolute Gasteiger partial charge is 0.493 e. The second-order valence-electron chi connectivity index (χ2n) is 15.0. The fourth-order valence-electron chi connectivity index (χ4n) is 8.01. The molecule has 0 bridgehead atoms. The summed E-state index contributed by atoms with van der Waals surface area (Å²) in [4.78, 5) is 58.3. The number of rotatable bonds is 12. The Bertz CT molecular complexity index is 2000. The van der Waals surface area contributed by atoms with Gasteiger partial charge in [-0.15, -0.1) is 0 Å². The van der Waals surface area contributed by atoms with Gasteiger partial charge in [0.25, 0.3) is 12.0 Å². The standard InChI is InChI=1S/C39H50F2N8O5S.CH2O2/c1-43-32-21-28(30(40)20-29(32)37(42)49-13-6-35(50)46-39(49)52)25-4-11-48(12-5-25)15-14-47-9-2-24(3-10-47)22-54-26-18-31(41)36-33(19-26)44-34(45-38(36)51)23-55-27-7-16-53-17-8-27;2-1-3/h18-21,24-25,27,42-43H,2-17,22-23H2,1H3,(H,44,45,51)(H,46,50,52);1H,(H,2,3). The Hall–Kier alpha value is -4.65. The summed E-state index contributed by atoms with van der Waals surface area (Å²) < 4.78 is 42.1. The number of amides is 3. The summed E-state index contributed by atoms with van der Waals surface area (Å²) in [6.45, 7) is 7.33. The minimum atomic E-state index is -0.670. The lowest BCUT2D eigenvalue weighted by Gasteiger charge is -2.36. The second kappa shape index (κ2) is 20.4. The number of aromatic amines is 1. The van der Waals surface area contributed by atoms with E-state index in [2.05, 4.69) is 30.4 Å². The Morgan fingerprint density at radius 2 is 1.67 bits per heavy atom. The first-order valence-electron chi connectivity index (χ1n) is 19.8. The molecule has 3 amide bonds. The lowest BCUT2D eigenvalue weighted by Crippen LogP contribution is -2.52. The molecule has 314 valence electrons. The first-order chi connectivity index (χ1) is 28.1. The number of nitrogens with zero attached hydrogens (tertiary/aromatic N) is 4. The van der Waals surface area contributed by atoms with Gasteiger partial charge in [0.1, 0.15) is 34.4 Å². The Labute approximate surface area is 339 Å². The number of carbonyl (C=O) groups excluding carboxylic acids is 2. The van der Waals surface area contributed by atoms with E-state index in [0.717, 1.165) is 95.9 Å². The van der Waals surface area contributed by atoms with Gasteiger partial charge >= 0.3 is 6.03 Å². The number of amidine groups is 1. The third-order valence-electron chi connectivity index (χ3n) is 11.3. The molecule has 4 aliphatic rings. The number of benzene rings is 2. The van der Waals surface area contributed by atoms with E-state index in [9.17, 15) is 14.4 Å². The van der Waals surface area contributed by atoms with Crippen LogP contribution in [0.25, 0.3) is 10.9 Å². The molecule has 3 aromatic rings. The number of urea groups is 1. The number of aromatic nitrogens is 2. The van der Waals surface area contributed by atoms with Crippen LogP contribution in [0, 0.1) is 23.0 Å². The smallest absolute Gasteiger partial charge is 0.329 e. The molecule has 4 fully saturated rings. The molecule has 0 radical (unpaired) electrons. The number of fused-ring (bicyclic) bond motifs is 1. The maximum Gasteiger partial charge on any atom is 0.329 e. The molecule has 0 saturated carbocycles. The summed E-state index contributed by atoms with van der Waals surface area (Å²) in [5.41, 5.74) is 1.31. The van der Waals surface area contributed by atoms with Gasteiger partial charge in [-0.05, 0) is 94.2 Å². The van der Waals surface area contributed by atoms with Crippen molar-refractivity contribution in [2.45, 2.75) is 61.9 Å². The van der Waals surface area contributed by atoms with Crippen molar-refractivity contribution >= 4 is 52.6 Å². The quantitative estimate of drug-likeness (QED) is 0.0971. The number of nitrogens with one attached hydrogen (secondary N) is 4. The fraction of sp³-hybridized carbons (Fsp3) is 0.550. The average molecular weight is 827 g/mol. The fourth-order valence-corrected chi connectivity index (χ4v) is 9.06. The molecule has 0 spiro atoms. The minimum Gasteiger partial charge on any atom is -0.493 e. The molecule has 1 aromatic heterocycles. The number of imide groups is 1. The molecule has 0 unspecified atom stereocenters. The van der Waals surface area contributed by atoms with Gasteiger partial charge in [-0.1, -0.05) is 0 Å². The van der Waals surface area contributed by atoms with Crippen LogP contribution < -0.4 is 20.9 Å². The maximum absolute atomic E-state index is 15.5. The number of carboxylic acid groups (broad SMARTS) is 1. The molecule has 58 heavy (non-hydrogen) atoms. The molecule has 4 saturated heterocycles. The number of thioether (sulfide) groups is 1. The van der Waals surface area contributed by atoms with E-state index in [-0.39, 0.29) is 53.9 Å². The zero-order chi connectivity index (χ0) is 41.2. The Morgan fingerprint density at radius 1 is 1.00 bits per heavy atom. The first-order valence-corrected chi connectivity index (χ1v) is 20.9. The van der Waals surface area contributed by atoms with Gasteiger partial charge in [0.05, 0.1) is 17.9 Å². The molecular formula is C40H52F2N8O7S. The van der Waals surface area contributed by atoms with E-state index >= 15 is 8.78 Å². The summed E-state index contributed by atoms with van der Waals surface area (Å²) >= 11 is 1.74. The van der Waals surface area contributed by atoms with Crippen LogP contribution in [0.4, 0.5) is 19.3 Å². The number of H-pyrrole nitrogens is 1. The van der Waals surface area contributed by atoms with Crippen LogP contribution in [0.15, 0.2) is 29.1 Å². The number of piperidine rings is 2. The lowest BCUT2D eigenvalue weighted by atomic mass is 9.87. The van der Waals surface area contributed by atoms with E-state index in [4.69, 9.17) is 24.8 Å². The molecule has 7 rings (SSSR count). The molecule has 2 aromatic carbocycles. The summed E-state index contributed by atoms with van der Waals surface area (Å²) in [5.74, 6) is 0.324. The van der Waals surface area contributed by atoms with Crippen molar-refractivity contribution in [2.24, 2.45) is 5.92 Å². The van der Waals surface area contributed by atoms with Crippen LogP contribution in [0.1, 0.15) is 67.8 Å². The third kappa shape index (κ3) is 10.9. The highest BCUT2D eigenvalue weighted by molar-refractivity contribution is 7.99. The zero-order valence-electron chi connectivity index (χ0n) is 32.7. The van der Waals surface area contributed by atoms with Crippen molar-refractivity contribution < 1.29 is 37.7 Å². The molecule has 5 N–H and O–H groups in total. The number of hydrogen-bond donors (Lipinski definition) is 5. The minimum absolute atomic E-state index is 0.0434. The molecule has 15 nitrogen and oxygen atoms in total. The topological polar surface area (TPSA) is 193 Å². The molecule has 18 heteroatoms. The van der Waals surface area contributed by atoms with Gasteiger partial charge in [-0.25, -0.2) is 18.6 Å². The van der Waals surface area contributed by atoms with Crippen LogP contribution in [0.3, 0.4) is 0 Å². The molecule has 0 atom stereocenters. The number of ether oxygens (including phenoxy) is 2. The first kappa shape index (κ1) is 42.9. The van der Waals surface area contributed by atoms with Gasteiger partial charge in [0.2, 0.25) is 5.91 Å². The molecule has 4 aliphatic heterocycles. The monoisotopic (exact) mass is 826 g/mol. The Balaban J connectivity index is 0.00000183.